The highest BCUT2D eigenvalue weighted by Crippen LogP contribution is 2.17. The molecule has 0 aliphatic rings. The van der Waals surface area contributed by atoms with Crippen molar-refractivity contribution in [1.29, 1.82) is 0 Å². The maximum Gasteiger partial charge on any atom is 0.343 e. The van der Waals surface area contributed by atoms with Gasteiger partial charge in [0.25, 0.3) is 0 Å². The summed E-state index contributed by atoms with van der Waals surface area (Å²) in [6, 6.07) is 7.66. The summed E-state index contributed by atoms with van der Waals surface area (Å²) in [4.78, 5) is 20.5. The molecule has 0 atom stereocenters. The second kappa shape index (κ2) is 8.71. The number of rotatable bonds is 8. The summed E-state index contributed by atoms with van der Waals surface area (Å²) in [7, 11) is 1.63. The lowest BCUT2D eigenvalue weighted by Gasteiger charge is -2.12. The number of hydrogen-bond donors (Lipinski definition) is 2. The second-order valence-corrected chi connectivity index (χ2v) is 4.91. The van der Waals surface area contributed by atoms with Crippen LogP contribution < -0.4 is 15.4 Å². The number of hydrogen-bond acceptors (Lipinski definition) is 7. The first-order chi connectivity index (χ1) is 11.7. The summed E-state index contributed by atoms with van der Waals surface area (Å²) in [6.45, 7) is 5.21. The van der Waals surface area contributed by atoms with Crippen molar-refractivity contribution in [3.05, 3.63) is 41.6 Å². The molecule has 7 nitrogen and oxygen atoms in total. The highest BCUT2D eigenvalue weighted by atomic mass is 16.5. The summed E-state index contributed by atoms with van der Waals surface area (Å²) in [5.41, 5.74) is 1.35. The number of anilines is 2. The number of methoxy groups -OCH3 is 1. The van der Waals surface area contributed by atoms with Crippen LogP contribution in [0.15, 0.2) is 30.5 Å². The molecule has 128 valence electrons. The van der Waals surface area contributed by atoms with E-state index in [1.165, 1.54) is 6.20 Å². The summed E-state index contributed by atoms with van der Waals surface area (Å²) in [6.07, 6.45) is 1.47. The van der Waals surface area contributed by atoms with E-state index in [2.05, 4.69) is 20.6 Å². The number of aromatic nitrogens is 2. The first kappa shape index (κ1) is 17.5. The molecule has 1 heterocycles. The van der Waals surface area contributed by atoms with Gasteiger partial charge < -0.3 is 20.1 Å². The van der Waals surface area contributed by atoms with Gasteiger partial charge in [-0.25, -0.2) is 9.78 Å². The number of ether oxygens (including phenoxy) is 2. The molecule has 7 heteroatoms. The fraction of sp³-hybridized carbons (Fsp3) is 0.353. The molecular formula is C17H22N4O3. The number of carbonyl (C=O) groups is 1. The van der Waals surface area contributed by atoms with Crippen molar-refractivity contribution in [1.82, 2.24) is 9.97 Å². The highest BCUT2D eigenvalue weighted by molar-refractivity contribution is 5.94. The Morgan fingerprint density at radius 2 is 1.92 bits per heavy atom. The summed E-state index contributed by atoms with van der Waals surface area (Å²) < 4.78 is 10.2. The van der Waals surface area contributed by atoms with Gasteiger partial charge in [0.1, 0.15) is 17.1 Å². The minimum Gasteiger partial charge on any atom is -0.497 e. The largest absolute Gasteiger partial charge is 0.497 e. The topological polar surface area (TPSA) is 85.4 Å². The van der Waals surface area contributed by atoms with Crippen LogP contribution in [0.2, 0.25) is 0 Å². The first-order valence-electron chi connectivity index (χ1n) is 7.82. The number of esters is 1. The van der Waals surface area contributed by atoms with Crippen molar-refractivity contribution in [3.63, 3.8) is 0 Å². The van der Waals surface area contributed by atoms with Crippen LogP contribution >= 0.6 is 0 Å². The van der Waals surface area contributed by atoms with Gasteiger partial charge in [-0.2, -0.15) is 4.98 Å². The van der Waals surface area contributed by atoms with E-state index in [4.69, 9.17) is 9.47 Å². The lowest BCUT2D eigenvalue weighted by molar-refractivity contribution is 0.0526. The highest BCUT2D eigenvalue weighted by Gasteiger charge is 2.15. The average molecular weight is 330 g/mol. The number of benzene rings is 1. The molecule has 2 N–H and O–H groups in total. The van der Waals surface area contributed by atoms with Crippen LogP contribution in [0.25, 0.3) is 0 Å². The Morgan fingerprint density at radius 1 is 1.17 bits per heavy atom. The molecule has 0 bridgehead atoms. The third-order valence-electron chi connectivity index (χ3n) is 3.24. The molecule has 1 aromatic heterocycles. The van der Waals surface area contributed by atoms with E-state index < -0.39 is 5.97 Å². The Hall–Kier alpha value is -2.83. The molecule has 2 rings (SSSR count). The smallest absolute Gasteiger partial charge is 0.343 e. The summed E-state index contributed by atoms with van der Waals surface area (Å²) >= 11 is 0. The van der Waals surface area contributed by atoms with E-state index in [0.29, 0.717) is 37.0 Å². The van der Waals surface area contributed by atoms with E-state index in [9.17, 15) is 4.79 Å². The third-order valence-corrected chi connectivity index (χ3v) is 3.24. The fourth-order valence-electron chi connectivity index (χ4n) is 2.05. The summed E-state index contributed by atoms with van der Waals surface area (Å²) in [5, 5.41) is 6.20. The maximum atomic E-state index is 12.1. The SMILES string of the molecule is CCNc1ncc(C(=O)OCC)c(NCc2ccc(OC)cc2)n1. The molecule has 2 aromatic rings. The molecule has 0 aliphatic heterocycles. The van der Waals surface area contributed by atoms with Gasteiger partial charge in [-0.05, 0) is 31.5 Å². The van der Waals surface area contributed by atoms with E-state index >= 15 is 0 Å². The molecule has 0 aliphatic carbocycles. The van der Waals surface area contributed by atoms with E-state index in [1.807, 2.05) is 31.2 Å². The van der Waals surface area contributed by atoms with Crippen molar-refractivity contribution >= 4 is 17.7 Å². The van der Waals surface area contributed by atoms with Gasteiger partial charge in [-0.1, -0.05) is 12.1 Å². The minimum atomic E-state index is -0.447. The quantitative estimate of drug-likeness (QED) is 0.720. The maximum absolute atomic E-state index is 12.1. The Morgan fingerprint density at radius 3 is 2.54 bits per heavy atom. The fourth-order valence-corrected chi connectivity index (χ4v) is 2.05. The Balaban J connectivity index is 2.17. The molecule has 24 heavy (non-hydrogen) atoms. The van der Waals surface area contributed by atoms with E-state index in [1.54, 1.807) is 14.0 Å². The van der Waals surface area contributed by atoms with Gasteiger partial charge >= 0.3 is 5.97 Å². The standard InChI is InChI=1S/C17H22N4O3/c1-4-18-17-20-11-14(16(22)24-5-2)15(21-17)19-10-12-6-8-13(23-3)9-7-12/h6-9,11H,4-5,10H2,1-3H3,(H2,18,19,20,21). The van der Waals surface area contributed by atoms with Gasteiger partial charge in [-0.15, -0.1) is 0 Å². The Kier molecular flexibility index (Phi) is 6.36. The lowest BCUT2D eigenvalue weighted by atomic mass is 10.2. The van der Waals surface area contributed by atoms with E-state index in [0.717, 1.165) is 11.3 Å². The number of nitrogens with one attached hydrogen (secondary N) is 2. The average Bonchev–Trinajstić information content (AvgIpc) is 2.61. The first-order valence-corrected chi connectivity index (χ1v) is 7.82. The van der Waals surface area contributed by atoms with Crippen molar-refractivity contribution < 1.29 is 14.3 Å². The zero-order valence-corrected chi connectivity index (χ0v) is 14.1. The number of nitrogens with zero attached hydrogens (tertiary/aromatic N) is 2. The van der Waals surface area contributed by atoms with Crippen LogP contribution in [0.1, 0.15) is 29.8 Å². The second-order valence-electron chi connectivity index (χ2n) is 4.91. The lowest BCUT2D eigenvalue weighted by Crippen LogP contribution is -2.14. The molecule has 0 radical (unpaired) electrons. The van der Waals surface area contributed by atoms with Gasteiger partial charge in [0, 0.05) is 19.3 Å². The molecule has 1 aromatic carbocycles. The van der Waals surface area contributed by atoms with Gasteiger partial charge in [0.2, 0.25) is 5.95 Å². The van der Waals surface area contributed by atoms with E-state index in [-0.39, 0.29) is 0 Å². The molecule has 0 saturated heterocycles. The van der Waals surface area contributed by atoms with Crippen molar-refractivity contribution in [2.75, 3.05) is 30.9 Å². The van der Waals surface area contributed by atoms with Gasteiger partial charge in [-0.3, -0.25) is 0 Å². The molecular weight excluding hydrogens is 308 g/mol. The van der Waals surface area contributed by atoms with Crippen molar-refractivity contribution in [2.45, 2.75) is 20.4 Å². The zero-order chi connectivity index (χ0) is 17.4. The van der Waals surface area contributed by atoms with Crippen molar-refractivity contribution in [2.24, 2.45) is 0 Å². The Bertz CT molecular complexity index is 674. The normalized spacial score (nSPS) is 10.1. The van der Waals surface area contributed by atoms with Gasteiger partial charge in [0.15, 0.2) is 0 Å². The number of carbonyl (C=O) groups excluding carboxylic acids is 1. The van der Waals surface area contributed by atoms with Crippen LogP contribution in [0.4, 0.5) is 11.8 Å². The van der Waals surface area contributed by atoms with Crippen LogP contribution in [0, 0.1) is 0 Å². The van der Waals surface area contributed by atoms with Crippen LogP contribution in [-0.4, -0.2) is 36.2 Å². The van der Waals surface area contributed by atoms with Crippen molar-refractivity contribution in [3.8, 4) is 5.75 Å². The summed E-state index contributed by atoms with van der Waals surface area (Å²) in [5.74, 6) is 1.25. The van der Waals surface area contributed by atoms with Crippen LogP contribution in [0.5, 0.6) is 5.75 Å². The third kappa shape index (κ3) is 4.58. The monoisotopic (exact) mass is 330 g/mol. The Labute approximate surface area is 141 Å². The minimum absolute atomic E-state index is 0.297. The molecule has 0 unspecified atom stereocenters. The molecule has 0 amide bonds. The predicted octanol–water partition coefficient (Wildman–Crippen LogP) is 2.71. The predicted molar refractivity (Wildman–Crippen MR) is 92.5 cm³/mol. The molecule has 0 spiro atoms. The van der Waals surface area contributed by atoms with Gasteiger partial charge in [0.05, 0.1) is 13.7 Å². The zero-order valence-electron chi connectivity index (χ0n) is 14.1. The molecule has 0 fully saturated rings. The van der Waals surface area contributed by atoms with Crippen LogP contribution in [-0.2, 0) is 11.3 Å². The van der Waals surface area contributed by atoms with Crippen LogP contribution in [0.3, 0.4) is 0 Å². The molecule has 0 saturated carbocycles.